The highest BCUT2D eigenvalue weighted by Crippen LogP contribution is 2.54. The average Bonchev–Trinajstić information content (AvgIpc) is 3.67. The van der Waals surface area contributed by atoms with Gasteiger partial charge in [0.25, 0.3) is 21.6 Å². The van der Waals surface area contributed by atoms with Crippen LogP contribution in [0.4, 0.5) is 21.5 Å². The van der Waals surface area contributed by atoms with Crippen molar-refractivity contribution in [3.8, 4) is 23.0 Å². The number of methoxy groups -OCH3 is 1. The number of amides is 1. The molecule has 1 spiro atoms. The number of nitrogens with one attached hydrogen (secondary N) is 3. The van der Waals surface area contributed by atoms with Crippen molar-refractivity contribution in [2.45, 2.75) is 120 Å². The smallest absolute Gasteiger partial charge is 0.293 e. The van der Waals surface area contributed by atoms with E-state index in [0.29, 0.717) is 43.6 Å². The van der Waals surface area contributed by atoms with Crippen molar-refractivity contribution < 1.29 is 41.8 Å². The molecule has 2 saturated heterocycles. The average molecular weight is 1100 g/mol. The summed E-state index contributed by atoms with van der Waals surface area (Å²) in [7, 11) is -2.93. The fourth-order valence-electron chi connectivity index (χ4n) is 12.9. The zero-order chi connectivity index (χ0) is 55.6. The number of fused-ring (bicyclic) bond motifs is 2. The standard InChI is InChI=1S/C60H71FN8O9S/c1-37(2)44-9-7-8-10-45(44)52-34-66(33-39-23-48-55(54(24-39)76-6)77-22-19-58(48,3)4)20-21-68(52)41-28-60(29-41)35-67(36-60)40-11-13-46(53(25-40)78-42-26-47-49(61)32-64-56(47)63-31-42)57(70)65-79(74,75)43-12-14-50(51(27-43)69(72)73)62-30-38-15-17-59(5,71)18-16-38/h7-14,23-27,31-32,37-38,41,52,62,71H,15-22,28-30,33-36H2,1-6H3,(H,63,64)(H,65,70)/t38?,52-,59?/m0/s1. The molecule has 6 aromatic rings. The highest BCUT2D eigenvalue weighted by Gasteiger charge is 2.55. The first-order valence-electron chi connectivity index (χ1n) is 27.6. The van der Waals surface area contributed by atoms with Gasteiger partial charge in [0.1, 0.15) is 28.7 Å². The second-order valence-corrected chi connectivity index (χ2v) is 25.7. The van der Waals surface area contributed by atoms with E-state index in [1.54, 1.807) is 26.2 Å². The minimum absolute atomic E-state index is 0.0138. The Kier molecular flexibility index (Phi) is 14.4. The number of carbonyl (C=O) groups is 1. The van der Waals surface area contributed by atoms with E-state index in [4.69, 9.17) is 14.2 Å². The van der Waals surface area contributed by atoms with Crippen molar-refractivity contribution >= 4 is 44.0 Å². The van der Waals surface area contributed by atoms with Crippen LogP contribution in [0.5, 0.6) is 23.0 Å². The van der Waals surface area contributed by atoms with Gasteiger partial charge in [-0.1, -0.05) is 52.0 Å². The lowest BCUT2D eigenvalue weighted by atomic mass is 9.59. The molecule has 5 aliphatic rings. The molecule has 2 aromatic heterocycles. The van der Waals surface area contributed by atoms with E-state index < -0.39 is 42.9 Å². The number of anilines is 2. The number of aromatic nitrogens is 2. The van der Waals surface area contributed by atoms with Gasteiger partial charge >= 0.3 is 0 Å². The van der Waals surface area contributed by atoms with Crippen LogP contribution in [0.15, 0.2) is 96.2 Å². The third-order valence-electron chi connectivity index (χ3n) is 17.5. The molecule has 0 bridgehead atoms. The van der Waals surface area contributed by atoms with Gasteiger partial charge in [-0.05, 0) is 128 Å². The number of piperazine rings is 1. The number of H-pyrrole nitrogens is 1. The van der Waals surface area contributed by atoms with Crippen molar-refractivity contribution in [2.24, 2.45) is 11.3 Å². The Labute approximate surface area is 461 Å². The number of benzene rings is 4. The second-order valence-electron chi connectivity index (χ2n) is 24.0. The summed E-state index contributed by atoms with van der Waals surface area (Å²) in [4.78, 5) is 39.9. The van der Waals surface area contributed by atoms with Crippen LogP contribution < -0.4 is 29.1 Å². The quantitative estimate of drug-likeness (QED) is 0.0526. The van der Waals surface area contributed by atoms with Crippen molar-refractivity contribution in [3.05, 3.63) is 135 Å². The molecule has 4 aromatic carbocycles. The fraction of sp³-hybridized carbons (Fsp3) is 0.467. The number of aliphatic hydroxyl groups is 1. The summed E-state index contributed by atoms with van der Waals surface area (Å²) in [5, 5.41) is 25.9. The van der Waals surface area contributed by atoms with Gasteiger partial charge in [-0.25, -0.2) is 22.5 Å². The Balaban J connectivity index is 0.798. The molecule has 1 atom stereocenters. The van der Waals surface area contributed by atoms with Gasteiger partial charge in [-0.3, -0.25) is 24.7 Å². The van der Waals surface area contributed by atoms with E-state index in [1.165, 1.54) is 58.9 Å². The monoisotopic (exact) mass is 1100 g/mol. The Bertz CT molecular complexity index is 3410. The van der Waals surface area contributed by atoms with Crippen LogP contribution >= 0.6 is 0 Å². The number of carbonyl (C=O) groups excluding carboxylic acids is 1. The summed E-state index contributed by atoms with van der Waals surface area (Å²) < 4.78 is 63.0. The first-order chi connectivity index (χ1) is 37.7. The lowest BCUT2D eigenvalue weighted by molar-refractivity contribution is -0.384. The van der Waals surface area contributed by atoms with Crippen molar-refractivity contribution in [1.82, 2.24) is 24.5 Å². The third-order valence-corrected chi connectivity index (χ3v) is 18.8. The highest BCUT2D eigenvalue weighted by atomic mass is 32.2. The molecule has 4 N–H and O–H groups in total. The van der Waals surface area contributed by atoms with Crippen molar-refractivity contribution in [2.75, 3.05) is 63.2 Å². The SMILES string of the molecule is COc1cc(CN2CCN(C3CC4(C3)CN(c3ccc(C(=O)NS(=O)(=O)c5ccc(NCC6CCC(C)(O)CC6)c([N+](=O)[O-])c5)c(Oc5cnc6[nH]cc(F)c6c5)c3)C4)[C@H](c3ccccc3C(C)C)C2)cc2c1OCCC2(C)C. The molecule has 5 heterocycles. The number of hydrogen-bond donors (Lipinski definition) is 4. The molecule has 79 heavy (non-hydrogen) atoms. The molecule has 1 amide bonds. The van der Waals surface area contributed by atoms with E-state index in [1.807, 2.05) is 0 Å². The maximum atomic E-state index is 14.8. The van der Waals surface area contributed by atoms with E-state index in [-0.39, 0.29) is 50.9 Å². The molecule has 418 valence electrons. The van der Waals surface area contributed by atoms with Gasteiger partial charge in [-0.15, -0.1) is 0 Å². The Morgan fingerprint density at radius 3 is 2.52 bits per heavy atom. The Morgan fingerprint density at radius 2 is 1.77 bits per heavy atom. The molecule has 0 unspecified atom stereocenters. The number of nitrogens with zero attached hydrogens (tertiary/aromatic N) is 5. The molecule has 4 fully saturated rings. The van der Waals surface area contributed by atoms with E-state index >= 15 is 0 Å². The number of nitro groups is 1. The highest BCUT2D eigenvalue weighted by molar-refractivity contribution is 7.90. The largest absolute Gasteiger partial charge is 0.493 e. The minimum atomic E-state index is -4.65. The molecule has 17 nitrogen and oxygen atoms in total. The molecular weight excluding hydrogens is 1030 g/mol. The topological polar surface area (TPSA) is 205 Å². The lowest BCUT2D eigenvalue weighted by Crippen LogP contribution is -2.68. The van der Waals surface area contributed by atoms with Gasteiger partial charge in [-0.2, -0.15) is 0 Å². The van der Waals surface area contributed by atoms with Gasteiger partial charge in [0.15, 0.2) is 11.5 Å². The van der Waals surface area contributed by atoms with Crippen LogP contribution in [0.3, 0.4) is 0 Å². The summed E-state index contributed by atoms with van der Waals surface area (Å²) >= 11 is 0. The summed E-state index contributed by atoms with van der Waals surface area (Å²) in [5.41, 5.74) is 5.11. The Hall–Kier alpha value is -6.80. The number of halogens is 1. The van der Waals surface area contributed by atoms with Crippen LogP contribution in [0.1, 0.15) is 124 Å². The molecule has 19 heteroatoms. The van der Waals surface area contributed by atoms with Gasteiger partial charge in [0, 0.05) is 92.9 Å². The first-order valence-corrected chi connectivity index (χ1v) is 29.1. The van der Waals surface area contributed by atoms with E-state index in [0.717, 1.165) is 94.6 Å². The molecule has 2 saturated carbocycles. The summed E-state index contributed by atoms with van der Waals surface area (Å²) in [6.45, 7) is 17.1. The molecular formula is C60H71FN8O9S. The maximum Gasteiger partial charge on any atom is 0.293 e. The number of hydrogen-bond acceptors (Lipinski definition) is 14. The molecule has 2 aliphatic carbocycles. The second kappa shape index (κ2) is 21.0. The minimum Gasteiger partial charge on any atom is -0.493 e. The van der Waals surface area contributed by atoms with E-state index in [2.05, 4.69) is 98.8 Å². The summed E-state index contributed by atoms with van der Waals surface area (Å²) in [6, 6.07) is 23.8. The first kappa shape index (κ1) is 54.2. The number of ether oxygens (including phenoxy) is 3. The van der Waals surface area contributed by atoms with Gasteiger partial charge in [0.05, 0.1) is 46.3 Å². The van der Waals surface area contributed by atoms with Gasteiger partial charge < -0.3 is 34.5 Å². The van der Waals surface area contributed by atoms with E-state index in [9.17, 15) is 32.8 Å². The number of rotatable bonds is 16. The summed E-state index contributed by atoms with van der Waals surface area (Å²) in [6.07, 6.45) is 8.28. The molecule has 0 radical (unpaired) electrons. The zero-order valence-corrected chi connectivity index (χ0v) is 46.6. The number of pyridine rings is 1. The van der Waals surface area contributed by atoms with Crippen LogP contribution in [0, 0.1) is 27.3 Å². The molecule has 3 aliphatic heterocycles. The van der Waals surface area contributed by atoms with Crippen LogP contribution in [0.2, 0.25) is 0 Å². The lowest BCUT2D eigenvalue weighted by Gasteiger charge is -2.63. The number of sulfonamides is 1. The van der Waals surface area contributed by atoms with Gasteiger partial charge in [0.2, 0.25) is 0 Å². The number of nitro benzene ring substituents is 1. The summed E-state index contributed by atoms with van der Waals surface area (Å²) in [5.74, 6) is 0.751. The predicted octanol–water partition coefficient (Wildman–Crippen LogP) is 10.6. The van der Waals surface area contributed by atoms with Crippen molar-refractivity contribution in [3.63, 3.8) is 0 Å². The predicted molar refractivity (Wildman–Crippen MR) is 300 cm³/mol. The van der Waals surface area contributed by atoms with Crippen LogP contribution in [-0.4, -0.2) is 109 Å². The maximum absolute atomic E-state index is 14.8. The normalized spacial score (nSPS) is 22.2. The molecule has 11 rings (SSSR count). The Morgan fingerprint density at radius 1 is 1.00 bits per heavy atom. The number of aromatic amines is 1. The van der Waals surface area contributed by atoms with Crippen LogP contribution in [0.25, 0.3) is 11.0 Å². The zero-order valence-electron chi connectivity index (χ0n) is 45.8. The third kappa shape index (κ3) is 11.0. The van der Waals surface area contributed by atoms with Crippen molar-refractivity contribution in [1.29, 1.82) is 0 Å². The fourth-order valence-corrected chi connectivity index (χ4v) is 13.9. The van der Waals surface area contributed by atoms with Crippen LogP contribution in [-0.2, 0) is 22.0 Å².